The summed E-state index contributed by atoms with van der Waals surface area (Å²) < 4.78 is 6.16. The first kappa shape index (κ1) is 23.5. The Balaban J connectivity index is 1.55. The zero-order valence-electron chi connectivity index (χ0n) is 19.6. The van der Waals surface area contributed by atoms with Gasteiger partial charge in [-0.1, -0.05) is 31.4 Å². The predicted molar refractivity (Wildman–Crippen MR) is 123 cm³/mol. The summed E-state index contributed by atoms with van der Waals surface area (Å²) in [4.78, 5) is 52.6. The summed E-state index contributed by atoms with van der Waals surface area (Å²) in [6.07, 6.45) is 5.20. The van der Waals surface area contributed by atoms with Crippen LogP contribution in [0.3, 0.4) is 0 Å². The fourth-order valence-electron chi connectivity index (χ4n) is 4.49. The smallest absolute Gasteiger partial charge is 0.339 e. The van der Waals surface area contributed by atoms with Crippen molar-refractivity contribution < 1.29 is 23.9 Å². The Hall–Kier alpha value is -3.69. The lowest BCUT2D eigenvalue weighted by Gasteiger charge is -2.41. The van der Waals surface area contributed by atoms with Gasteiger partial charge in [-0.2, -0.15) is 5.10 Å². The van der Waals surface area contributed by atoms with Crippen LogP contribution < -0.4 is 10.6 Å². The number of fused-ring (bicyclic) bond motifs is 1. The minimum Gasteiger partial charge on any atom is -0.465 e. The monoisotopic (exact) mass is 467 g/mol. The Kier molecular flexibility index (Phi) is 6.41. The molecule has 0 spiro atoms. The number of nitrogens with zero attached hydrogens (tertiary/aromatic N) is 3. The van der Waals surface area contributed by atoms with Crippen molar-refractivity contribution in [1.82, 2.24) is 20.0 Å². The zero-order chi connectivity index (χ0) is 24.5. The highest BCUT2D eigenvalue weighted by Gasteiger charge is 2.46. The van der Waals surface area contributed by atoms with E-state index in [2.05, 4.69) is 15.7 Å². The molecule has 0 saturated heterocycles. The van der Waals surface area contributed by atoms with Crippen LogP contribution in [0.5, 0.6) is 0 Å². The van der Waals surface area contributed by atoms with Crippen molar-refractivity contribution in [2.24, 2.45) is 0 Å². The molecule has 1 fully saturated rings. The van der Waals surface area contributed by atoms with E-state index in [1.807, 2.05) is 0 Å². The summed E-state index contributed by atoms with van der Waals surface area (Å²) in [5.74, 6) is -1.79. The zero-order valence-corrected chi connectivity index (χ0v) is 19.6. The minimum atomic E-state index is -1.14. The molecule has 1 atom stereocenters. The number of esters is 1. The topological polar surface area (TPSA) is 123 Å². The van der Waals surface area contributed by atoms with Crippen LogP contribution >= 0.6 is 0 Å². The molecule has 1 saturated carbocycles. The third-order valence-electron chi connectivity index (χ3n) is 6.74. The van der Waals surface area contributed by atoms with Gasteiger partial charge in [0, 0.05) is 19.2 Å². The minimum absolute atomic E-state index is 0.00774. The Morgan fingerprint density at radius 1 is 1.15 bits per heavy atom. The maximum atomic E-state index is 13.2. The second-order valence-electron chi connectivity index (χ2n) is 9.01. The van der Waals surface area contributed by atoms with E-state index in [1.165, 1.54) is 35.2 Å². The van der Waals surface area contributed by atoms with Gasteiger partial charge >= 0.3 is 5.97 Å². The van der Waals surface area contributed by atoms with Gasteiger partial charge in [0.05, 0.1) is 24.9 Å². The molecule has 2 aliphatic rings. The van der Waals surface area contributed by atoms with E-state index in [0.29, 0.717) is 0 Å². The average Bonchev–Trinajstić information content (AvgIpc) is 3.27. The van der Waals surface area contributed by atoms with Gasteiger partial charge in [-0.25, -0.2) is 4.79 Å². The molecule has 2 aromatic rings. The van der Waals surface area contributed by atoms with Gasteiger partial charge in [-0.15, -0.1) is 0 Å². The Morgan fingerprint density at radius 2 is 1.85 bits per heavy atom. The molecule has 0 radical (unpaired) electrons. The molecule has 1 aromatic carbocycles. The van der Waals surface area contributed by atoms with Crippen LogP contribution in [-0.2, 0) is 16.1 Å². The number of nitrogens with one attached hydrogen (secondary N) is 2. The number of benzene rings is 1. The van der Waals surface area contributed by atoms with Gasteiger partial charge in [-0.05, 0) is 31.9 Å². The van der Waals surface area contributed by atoms with Gasteiger partial charge in [0.15, 0.2) is 5.69 Å². The van der Waals surface area contributed by atoms with E-state index in [1.54, 1.807) is 32.2 Å². The second kappa shape index (κ2) is 9.28. The molecule has 34 heavy (non-hydrogen) atoms. The molecule has 1 aliphatic heterocycles. The number of anilines is 1. The third kappa shape index (κ3) is 4.27. The van der Waals surface area contributed by atoms with Crippen LogP contribution in [0.15, 0.2) is 30.3 Å². The maximum absolute atomic E-state index is 13.2. The first-order valence-electron chi connectivity index (χ1n) is 11.4. The quantitative estimate of drug-likeness (QED) is 0.650. The lowest BCUT2D eigenvalue weighted by atomic mass is 9.92. The Morgan fingerprint density at radius 3 is 2.56 bits per heavy atom. The normalized spacial score (nSPS) is 20.4. The van der Waals surface area contributed by atoms with Gasteiger partial charge in [-0.3, -0.25) is 19.1 Å². The summed E-state index contributed by atoms with van der Waals surface area (Å²) in [7, 11) is 2.85. The number of hydrogen-bond donors (Lipinski definition) is 2. The van der Waals surface area contributed by atoms with E-state index in [9.17, 15) is 19.2 Å². The highest BCUT2D eigenvalue weighted by molar-refractivity contribution is 6.08. The van der Waals surface area contributed by atoms with E-state index in [4.69, 9.17) is 4.74 Å². The van der Waals surface area contributed by atoms with Crippen molar-refractivity contribution in [3.05, 3.63) is 47.3 Å². The standard InChI is InChI=1S/C24H29N5O5/c1-24(23(33)25-15-9-5-4-6-10-15)14-29-19(21(31)28(24)2)13-18(27-29)20(30)26-17-12-8-7-11-16(17)22(32)34-3/h7-8,11-13,15H,4-6,9-10,14H2,1-3H3,(H,25,33)(H,26,30). The molecule has 2 N–H and O–H groups in total. The predicted octanol–water partition coefficient (Wildman–Crippen LogP) is 2.22. The van der Waals surface area contributed by atoms with Crippen molar-refractivity contribution in [3.8, 4) is 0 Å². The molecule has 0 bridgehead atoms. The molecule has 10 nitrogen and oxygen atoms in total. The molecular formula is C24H29N5O5. The lowest BCUT2D eigenvalue weighted by molar-refractivity contribution is -0.133. The molecule has 2 heterocycles. The molecule has 1 aromatic heterocycles. The Labute approximate surface area is 197 Å². The summed E-state index contributed by atoms with van der Waals surface area (Å²) >= 11 is 0. The molecule has 1 aliphatic carbocycles. The number of likely N-dealkylation sites (N-methyl/N-ethyl adjacent to an activating group) is 1. The summed E-state index contributed by atoms with van der Waals surface area (Å²) in [5, 5.41) is 10.1. The summed E-state index contributed by atoms with van der Waals surface area (Å²) in [6.45, 7) is 1.83. The SMILES string of the molecule is COC(=O)c1ccccc1NC(=O)c1cc2n(n1)CC(C)(C(=O)NC1CCCCC1)N(C)C2=O. The number of rotatable bonds is 5. The van der Waals surface area contributed by atoms with E-state index < -0.39 is 23.3 Å². The number of carbonyl (C=O) groups excluding carboxylic acids is 4. The first-order valence-corrected chi connectivity index (χ1v) is 11.4. The molecule has 3 amide bonds. The number of amides is 3. The van der Waals surface area contributed by atoms with Crippen LogP contribution in [0.25, 0.3) is 0 Å². The largest absolute Gasteiger partial charge is 0.465 e. The number of aromatic nitrogens is 2. The van der Waals surface area contributed by atoms with E-state index in [-0.39, 0.29) is 41.1 Å². The molecule has 10 heteroatoms. The van der Waals surface area contributed by atoms with Crippen molar-refractivity contribution in [3.63, 3.8) is 0 Å². The summed E-state index contributed by atoms with van der Waals surface area (Å²) in [6, 6.07) is 7.95. The first-order chi connectivity index (χ1) is 16.2. The van der Waals surface area contributed by atoms with Gasteiger partial charge in [0.25, 0.3) is 11.8 Å². The number of para-hydroxylation sites is 1. The van der Waals surface area contributed by atoms with Crippen LogP contribution in [0.4, 0.5) is 5.69 Å². The fraction of sp³-hybridized carbons (Fsp3) is 0.458. The van der Waals surface area contributed by atoms with E-state index >= 15 is 0 Å². The number of carbonyl (C=O) groups is 4. The summed E-state index contributed by atoms with van der Waals surface area (Å²) in [5.41, 5.74) is -0.445. The van der Waals surface area contributed by atoms with Crippen LogP contribution in [0.2, 0.25) is 0 Å². The molecule has 180 valence electrons. The molecular weight excluding hydrogens is 438 g/mol. The van der Waals surface area contributed by atoms with Gasteiger partial charge in [0.1, 0.15) is 11.2 Å². The van der Waals surface area contributed by atoms with Crippen molar-refractivity contribution in [2.75, 3.05) is 19.5 Å². The maximum Gasteiger partial charge on any atom is 0.339 e. The van der Waals surface area contributed by atoms with Crippen LogP contribution in [0.1, 0.15) is 70.4 Å². The average molecular weight is 468 g/mol. The lowest BCUT2D eigenvalue weighted by Crippen LogP contribution is -2.63. The van der Waals surface area contributed by atoms with Crippen molar-refractivity contribution >= 4 is 29.4 Å². The molecule has 1 unspecified atom stereocenters. The van der Waals surface area contributed by atoms with Crippen LogP contribution in [-0.4, -0.2) is 64.1 Å². The number of ether oxygens (including phenoxy) is 1. The van der Waals surface area contributed by atoms with E-state index in [0.717, 1.165) is 25.7 Å². The van der Waals surface area contributed by atoms with Crippen molar-refractivity contribution in [1.29, 1.82) is 0 Å². The van der Waals surface area contributed by atoms with Crippen molar-refractivity contribution in [2.45, 2.75) is 57.2 Å². The number of methoxy groups -OCH3 is 1. The highest BCUT2D eigenvalue weighted by Crippen LogP contribution is 2.28. The Bertz CT molecular complexity index is 1140. The van der Waals surface area contributed by atoms with Gasteiger partial charge < -0.3 is 20.3 Å². The molecule has 4 rings (SSSR count). The van der Waals surface area contributed by atoms with Gasteiger partial charge in [0.2, 0.25) is 5.91 Å². The highest BCUT2D eigenvalue weighted by atomic mass is 16.5. The van der Waals surface area contributed by atoms with Crippen LogP contribution in [0, 0.1) is 0 Å². The fourth-order valence-corrected chi connectivity index (χ4v) is 4.49. The third-order valence-corrected chi connectivity index (χ3v) is 6.74. The second-order valence-corrected chi connectivity index (χ2v) is 9.01. The number of hydrogen-bond acceptors (Lipinski definition) is 6.